The molecule has 1 unspecified atom stereocenters. The maximum absolute atomic E-state index is 12.7. The van der Waals surface area contributed by atoms with Gasteiger partial charge in [0.1, 0.15) is 18.2 Å². The smallest absolute Gasteiger partial charge is 0.285 e. The van der Waals surface area contributed by atoms with Crippen LogP contribution >= 0.6 is 0 Å². The largest absolute Gasteiger partial charge is 0.347 e. The van der Waals surface area contributed by atoms with Gasteiger partial charge in [0, 0.05) is 0 Å². The third-order valence-corrected chi connectivity index (χ3v) is 4.86. The van der Waals surface area contributed by atoms with Gasteiger partial charge in [-0.15, -0.1) is 0 Å². The number of hydrogen-bond acceptors (Lipinski definition) is 4. The van der Waals surface area contributed by atoms with Crippen LogP contribution in [0.15, 0.2) is 65.5 Å². The minimum absolute atomic E-state index is 0.0224. The first-order valence-electron chi connectivity index (χ1n) is 9.36. The van der Waals surface area contributed by atoms with Crippen molar-refractivity contribution in [2.45, 2.75) is 32.9 Å². The first-order valence-corrected chi connectivity index (χ1v) is 9.36. The van der Waals surface area contributed by atoms with Crippen LogP contribution in [0, 0.1) is 25.2 Å². The van der Waals surface area contributed by atoms with Crippen molar-refractivity contribution in [3.8, 4) is 6.07 Å². The molecule has 3 rings (SSSR count). The van der Waals surface area contributed by atoms with Crippen molar-refractivity contribution in [2.24, 2.45) is 0 Å². The van der Waals surface area contributed by atoms with Crippen molar-refractivity contribution in [2.75, 3.05) is 0 Å². The molecule has 6 nitrogen and oxygen atoms in total. The molecular formula is C23H22N4O2. The Morgan fingerprint density at radius 3 is 2.34 bits per heavy atom. The average molecular weight is 386 g/mol. The Kier molecular flexibility index (Phi) is 6.20. The molecule has 2 aromatic carbocycles. The zero-order chi connectivity index (χ0) is 20.8. The van der Waals surface area contributed by atoms with Crippen LogP contribution < -0.4 is 10.9 Å². The van der Waals surface area contributed by atoms with Gasteiger partial charge in [0.15, 0.2) is 0 Å². The molecular weight excluding hydrogens is 364 g/mol. The minimum atomic E-state index is -0.551. The van der Waals surface area contributed by atoms with Crippen LogP contribution in [-0.4, -0.2) is 15.7 Å². The van der Waals surface area contributed by atoms with Gasteiger partial charge in [-0.1, -0.05) is 60.7 Å². The van der Waals surface area contributed by atoms with Crippen molar-refractivity contribution in [3.63, 3.8) is 0 Å². The first-order chi connectivity index (χ1) is 14.0. The van der Waals surface area contributed by atoms with Crippen LogP contribution in [0.1, 0.15) is 34.0 Å². The van der Waals surface area contributed by atoms with E-state index in [9.17, 15) is 14.9 Å². The highest BCUT2D eigenvalue weighted by Crippen LogP contribution is 2.18. The summed E-state index contributed by atoms with van der Waals surface area (Å²) >= 11 is 0. The highest BCUT2D eigenvalue weighted by Gasteiger charge is 2.18. The Balaban J connectivity index is 1.83. The average Bonchev–Trinajstić information content (AvgIpc) is 2.73. The van der Waals surface area contributed by atoms with E-state index in [-0.39, 0.29) is 24.1 Å². The quantitative estimate of drug-likeness (QED) is 0.706. The lowest BCUT2D eigenvalue weighted by Gasteiger charge is -2.20. The van der Waals surface area contributed by atoms with Crippen LogP contribution in [0.3, 0.4) is 0 Å². The van der Waals surface area contributed by atoms with Crippen LogP contribution in [0.5, 0.6) is 0 Å². The lowest BCUT2D eigenvalue weighted by atomic mass is 9.99. The molecule has 0 saturated heterocycles. The van der Waals surface area contributed by atoms with Gasteiger partial charge in [-0.05, 0) is 37.0 Å². The molecule has 0 aliphatic heterocycles. The number of rotatable bonds is 6. The maximum atomic E-state index is 12.7. The molecule has 0 aliphatic carbocycles. The Morgan fingerprint density at radius 1 is 1.10 bits per heavy atom. The molecule has 3 aromatic rings. The van der Waals surface area contributed by atoms with Gasteiger partial charge in [-0.25, -0.2) is 4.68 Å². The van der Waals surface area contributed by atoms with E-state index in [2.05, 4.69) is 10.4 Å². The third-order valence-electron chi connectivity index (χ3n) is 4.86. The predicted octanol–water partition coefficient (Wildman–Crippen LogP) is 2.83. The van der Waals surface area contributed by atoms with Gasteiger partial charge in [-0.2, -0.15) is 10.4 Å². The summed E-state index contributed by atoms with van der Waals surface area (Å²) in [5, 5.41) is 16.4. The molecule has 29 heavy (non-hydrogen) atoms. The molecule has 1 atom stereocenters. The standard InChI is InChI=1S/C23H22N4O2/c1-16-17(2)26-27(23(29)20(16)14-24)15-22(28)25-21(19-11-7-4-8-12-19)13-18-9-5-3-6-10-18/h3-12,21H,13,15H2,1-2H3,(H,25,28). The number of amides is 1. The Labute approximate surface area is 169 Å². The summed E-state index contributed by atoms with van der Waals surface area (Å²) < 4.78 is 1.06. The molecule has 1 amide bonds. The van der Waals surface area contributed by atoms with Gasteiger partial charge < -0.3 is 5.32 Å². The van der Waals surface area contributed by atoms with Gasteiger partial charge >= 0.3 is 0 Å². The van der Waals surface area contributed by atoms with Crippen molar-refractivity contribution in [1.29, 1.82) is 5.26 Å². The van der Waals surface area contributed by atoms with Crippen molar-refractivity contribution >= 4 is 5.91 Å². The fourth-order valence-corrected chi connectivity index (χ4v) is 3.17. The van der Waals surface area contributed by atoms with Crippen molar-refractivity contribution in [1.82, 2.24) is 15.1 Å². The summed E-state index contributed by atoms with van der Waals surface area (Å²) in [6.45, 7) is 3.15. The SMILES string of the molecule is Cc1nn(CC(=O)NC(Cc2ccccc2)c2ccccc2)c(=O)c(C#N)c1C. The van der Waals surface area contributed by atoms with Gasteiger partial charge in [0.05, 0.1) is 11.7 Å². The van der Waals surface area contributed by atoms with Crippen LogP contribution in [0.2, 0.25) is 0 Å². The number of aryl methyl sites for hydroxylation is 1. The van der Waals surface area contributed by atoms with E-state index in [4.69, 9.17) is 0 Å². The predicted molar refractivity (Wildman–Crippen MR) is 110 cm³/mol. The Morgan fingerprint density at radius 2 is 1.72 bits per heavy atom. The summed E-state index contributed by atoms with van der Waals surface area (Å²) in [6, 6.07) is 21.2. The summed E-state index contributed by atoms with van der Waals surface area (Å²) in [6.07, 6.45) is 0.620. The molecule has 1 heterocycles. The number of hydrogen-bond donors (Lipinski definition) is 1. The summed E-state index contributed by atoms with van der Waals surface area (Å²) in [5.41, 5.74) is 2.63. The lowest BCUT2D eigenvalue weighted by molar-refractivity contribution is -0.122. The molecule has 146 valence electrons. The highest BCUT2D eigenvalue weighted by atomic mass is 16.2. The molecule has 0 radical (unpaired) electrons. The topological polar surface area (TPSA) is 87.8 Å². The van der Waals surface area contributed by atoms with E-state index >= 15 is 0 Å². The normalized spacial score (nSPS) is 11.5. The second-order valence-corrected chi connectivity index (χ2v) is 6.88. The number of carbonyl (C=O) groups excluding carboxylic acids is 1. The van der Waals surface area contributed by atoms with Crippen LogP contribution in [0.4, 0.5) is 0 Å². The Bertz CT molecular complexity index is 1100. The van der Waals surface area contributed by atoms with E-state index in [0.717, 1.165) is 15.8 Å². The molecule has 1 N–H and O–H groups in total. The Hall–Kier alpha value is -3.72. The zero-order valence-corrected chi connectivity index (χ0v) is 16.4. The summed E-state index contributed by atoms with van der Waals surface area (Å²) in [5.74, 6) is -0.337. The molecule has 0 aliphatic rings. The van der Waals surface area contributed by atoms with Gasteiger partial charge in [0.25, 0.3) is 5.56 Å². The number of nitrogens with zero attached hydrogens (tertiary/aromatic N) is 3. The summed E-state index contributed by atoms with van der Waals surface area (Å²) in [7, 11) is 0. The van der Waals surface area contributed by atoms with Crippen molar-refractivity contribution in [3.05, 3.63) is 99.0 Å². The number of nitrogens with one attached hydrogen (secondary N) is 1. The third kappa shape index (κ3) is 4.77. The molecule has 0 spiro atoms. The molecule has 0 bridgehead atoms. The molecule has 1 aromatic heterocycles. The number of nitriles is 1. The number of benzene rings is 2. The van der Waals surface area contributed by atoms with E-state index in [1.54, 1.807) is 13.8 Å². The fraction of sp³-hybridized carbons (Fsp3) is 0.217. The number of aromatic nitrogens is 2. The molecule has 0 fully saturated rings. The highest BCUT2D eigenvalue weighted by molar-refractivity contribution is 5.76. The van der Waals surface area contributed by atoms with Gasteiger partial charge in [-0.3, -0.25) is 9.59 Å². The van der Waals surface area contributed by atoms with Gasteiger partial charge in [0.2, 0.25) is 5.91 Å². The van der Waals surface area contributed by atoms with Crippen molar-refractivity contribution < 1.29 is 4.79 Å². The second kappa shape index (κ2) is 8.98. The van der Waals surface area contributed by atoms with E-state index in [1.165, 1.54) is 0 Å². The lowest BCUT2D eigenvalue weighted by Crippen LogP contribution is -2.37. The zero-order valence-electron chi connectivity index (χ0n) is 16.4. The van der Waals surface area contributed by atoms with E-state index in [0.29, 0.717) is 17.7 Å². The molecule has 0 saturated carbocycles. The van der Waals surface area contributed by atoms with Crippen LogP contribution in [-0.2, 0) is 17.8 Å². The van der Waals surface area contributed by atoms with Crippen LogP contribution in [0.25, 0.3) is 0 Å². The fourth-order valence-electron chi connectivity index (χ4n) is 3.17. The monoisotopic (exact) mass is 386 g/mol. The summed E-state index contributed by atoms with van der Waals surface area (Å²) in [4.78, 5) is 25.2. The second-order valence-electron chi connectivity index (χ2n) is 6.88. The minimum Gasteiger partial charge on any atom is -0.347 e. The first kappa shape index (κ1) is 20.0. The van der Waals surface area contributed by atoms with E-state index in [1.807, 2.05) is 66.7 Å². The molecule has 6 heteroatoms. The number of carbonyl (C=O) groups is 1. The maximum Gasteiger partial charge on any atom is 0.285 e. The van der Waals surface area contributed by atoms with E-state index < -0.39 is 5.56 Å².